The van der Waals surface area contributed by atoms with E-state index in [9.17, 15) is 9.35 Å². The van der Waals surface area contributed by atoms with Gasteiger partial charge in [-0.25, -0.2) is 4.79 Å². The fourth-order valence-electron chi connectivity index (χ4n) is 1.75. The molecule has 1 heterocycles. The zero-order valence-electron chi connectivity index (χ0n) is 9.64. The van der Waals surface area contributed by atoms with Crippen molar-refractivity contribution in [1.82, 2.24) is 5.32 Å². The summed E-state index contributed by atoms with van der Waals surface area (Å²) < 4.78 is 16.1. The Morgan fingerprint density at radius 2 is 2.12 bits per heavy atom. The molecule has 1 saturated heterocycles. The van der Waals surface area contributed by atoms with Crippen LogP contribution in [0.3, 0.4) is 0 Å². The van der Waals surface area contributed by atoms with Crippen molar-refractivity contribution in [3.63, 3.8) is 0 Å². The molecule has 2 rings (SSSR count). The van der Waals surface area contributed by atoms with Crippen molar-refractivity contribution < 1.29 is 14.1 Å². The number of nitrogens with one attached hydrogen (secondary N) is 1. The maximum atomic E-state index is 11.5. The number of carbonyl (C=O) groups excluding carboxylic acids is 1. The highest BCUT2D eigenvalue weighted by Crippen LogP contribution is 2.22. The summed E-state index contributed by atoms with van der Waals surface area (Å²) in [5.74, 6) is 1.01. The molecule has 1 fully saturated rings. The highest BCUT2D eigenvalue weighted by Gasteiger charge is 2.45. The molecule has 1 aliphatic rings. The summed E-state index contributed by atoms with van der Waals surface area (Å²) in [4.78, 5) is 11.5. The lowest BCUT2D eigenvalue weighted by Gasteiger charge is -2.38. The topological polar surface area (TPSA) is 61.4 Å². The van der Waals surface area contributed by atoms with E-state index in [0.717, 1.165) is 5.56 Å². The number of benzene rings is 1. The SMILES string of the molecule is C[C@]1(NC(=O)OCc2ccccc2)C[S@@+]([O-])C1. The lowest BCUT2D eigenvalue weighted by atomic mass is 10.1. The van der Waals surface area contributed by atoms with Gasteiger partial charge < -0.3 is 14.6 Å². The van der Waals surface area contributed by atoms with Crippen LogP contribution in [-0.2, 0) is 22.5 Å². The lowest BCUT2D eigenvalue weighted by Crippen LogP contribution is -2.63. The van der Waals surface area contributed by atoms with Crippen molar-refractivity contribution in [2.24, 2.45) is 0 Å². The molecular formula is C12H15NO3S. The minimum atomic E-state index is -0.788. The highest BCUT2D eigenvalue weighted by molar-refractivity contribution is 7.93. The molecule has 1 aliphatic heterocycles. The van der Waals surface area contributed by atoms with E-state index in [4.69, 9.17) is 4.74 Å². The van der Waals surface area contributed by atoms with E-state index in [0.29, 0.717) is 11.5 Å². The maximum Gasteiger partial charge on any atom is 0.408 e. The van der Waals surface area contributed by atoms with Crippen molar-refractivity contribution in [3.05, 3.63) is 35.9 Å². The minimum Gasteiger partial charge on any atom is -0.616 e. The summed E-state index contributed by atoms with van der Waals surface area (Å²) in [5, 5.41) is 2.74. The maximum absolute atomic E-state index is 11.5. The molecule has 1 aromatic rings. The van der Waals surface area contributed by atoms with E-state index < -0.39 is 17.3 Å². The summed E-state index contributed by atoms with van der Waals surface area (Å²) >= 11 is -0.788. The van der Waals surface area contributed by atoms with Crippen molar-refractivity contribution in [3.8, 4) is 0 Å². The van der Waals surface area contributed by atoms with Crippen LogP contribution in [0.2, 0.25) is 0 Å². The van der Waals surface area contributed by atoms with E-state index in [1.165, 1.54) is 0 Å². The number of carbonyl (C=O) groups is 1. The zero-order chi connectivity index (χ0) is 12.3. The van der Waals surface area contributed by atoms with Crippen LogP contribution in [0.25, 0.3) is 0 Å². The Bertz CT molecular complexity index is 390. The Labute approximate surface area is 104 Å². The second kappa shape index (κ2) is 4.98. The Morgan fingerprint density at radius 3 is 2.71 bits per heavy atom. The number of amides is 1. The van der Waals surface area contributed by atoms with Crippen molar-refractivity contribution in [2.45, 2.75) is 19.1 Å². The first kappa shape index (κ1) is 12.3. The third kappa shape index (κ3) is 3.38. The molecule has 4 nitrogen and oxygen atoms in total. The molecule has 0 atom stereocenters. The van der Waals surface area contributed by atoms with Crippen LogP contribution in [0.1, 0.15) is 12.5 Å². The van der Waals surface area contributed by atoms with Crippen LogP contribution in [0.15, 0.2) is 30.3 Å². The standard InChI is InChI=1S/C12H15NO3S/c1-12(8-17(15)9-12)13-11(14)16-7-10-5-3-2-4-6-10/h2-6H,7-9H2,1H3,(H,13,14)/t12-,17+. The molecule has 5 heteroatoms. The van der Waals surface area contributed by atoms with E-state index in [-0.39, 0.29) is 12.1 Å². The monoisotopic (exact) mass is 253 g/mol. The molecule has 0 radical (unpaired) electrons. The average Bonchev–Trinajstić information content (AvgIpc) is 2.26. The summed E-state index contributed by atoms with van der Waals surface area (Å²) in [6.07, 6.45) is -0.451. The Hall–Kier alpha value is -1.20. The normalized spacial score (nSPS) is 27.1. The third-order valence-corrected chi connectivity index (χ3v) is 4.49. The Kier molecular flexibility index (Phi) is 3.59. The van der Waals surface area contributed by atoms with E-state index in [1.54, 1.807) is 0 Å². The van der Waals surface area contributed by atoms with Gasteiger partial charge in [0.05, 0.1) is 0 Å². The fraction of sp³-hybridized carbons (Fsp3) is 0.417. The van der Waals surface area contributed by atoms with Gasteiger partial charge in [-0.3, -0.25) is 0 Å². The number of hydrogen-bond acceptors (Lipinski definition) is 3. The van der Waals surface area contributed by atoms with E-state index >= 15 is 0 Å². The second-order valence-corrected chi connectivity index (χ2v) is 5.93. The zero-order valence-corrected chi connectivity index (χ0v) is 10.5. The van der Waals surface area contributed by atoms with Gasteiger partial charge in [0.1, 0.15) is 23.7 Å². The predicted molar refractivity (Wildman–Crippen MR) is 66.0 cm³/mol. The van der Waals surface area contributed by atoms with E-state index in [2.05, 4.69) is 5.32 Å². The first-order chi connectivity index (χ1) is 8.07. The van der Waals surface area contributed by atoms with Crippen molar-refractivity contribution in [1.29, 1.82) is 0 Å². The molecular weight excluding hydrogens is 238 g/mol. The molecule has 0 spiro atoms. The lowest BCUT2D eigenvalue weighted by molar-refractivity contribution is 0.130. The van der Waals surface area contributed by atoms with Gasteiger partial charge in [0.25, 0.3) is 0 Å². The number of rotatable bonds is 3. The molecule has 0 bridgehead atoms. The number of alkyl carbamates (subject to hydrolysis) is 1. The van der Waals surface area contributed by atoms with Crippen molar-refractivity contribution >= 4 is 17.3 Å². The van der Waals surface area contributed by atoms with Crippen LogP contribution in [0.5, 0.6) is 0 Å². The van der Waals surface area contributed by atoms with Crippen LogP contribution in [-0.4, -0.2) is 27.7 Å². The first-order valence-electron chi connectivity index (χ1n) is 5.41. The molecule has 17 heavy (non-hydrogen) atoms. The van der Waals surface area contributed by atoms with Gasteiger partial charge in [0.15, 0.2) is 0 Å². The summed E-state index contributed by atoms with van der Waals surface area (Å²) in [7, 11) is 0. The molecule has 0 unspecified atom stereocenters. The largest absolute Gasteiger partial charge is 0.616 e. The smallest absolute Gasteiger partial charge is 0.408 e. The van der Waals surface area contributed by atoms with Gasteiger partial charge in [0, 0.05) is 0 Å². The van der Waals surface area contributed by atoms with Crippen LogP contribution in [0.4, 0.5) is 4.79 Å². The Morgan fingerprint density at radius 1 is 1.47 bits per heavy atom. The summed E-state index contributed by atoms with van der Waals surface area (Å²) in [6.45, 7) is 2.13. The summed E-state index contributed by atoms with van der Waals surface area (Å²) in [6, 6.07) is 9.50. The molecule has 1 aromatic carbocycles. The fourth-order valence-corrected chi connectivity index (χ4v) is 3.23. The number of ether oxygens (including phenoxy) is 1. The highest BCUT2D eigenvalue weighted by atomic mass is 32.2. The minimum absolute atomic E-state index is 0.256. The number of hydrogen-bond donors (Lipinski definition) is 1. The van der Waals surface area contributed by atoms with Gasteiger partial charge in [0.2, 0.25) is 0 Å². The molecule has 1 amide bonds. The van der Waals surface area contributed by atoms with Gasteiger partial charge in [-0.2, -0.15) is 0 Å². The van der Waals surface area contributed by atoms with Crippen LogP contribution >= 0.6 is 0 Å². The van der Waals surface area contributed by atoms with Crippen LogP contribution < -0.4 is 5.32 Å². The quantitative estimate of drug-likeness (QED) is 0.829. The molecule has 1 N–H and O–H groups in total. The molecule has 92 valence electrons. The second-order valence-electron chi connectivity index (χ2n) is 4.48. The average molecular weight is 253 g/mol. The predicted octanol–water partition coefficient (Wildman–Crippen LogP) is 1.43. The Balaban J connectivity index is 1.75. The molecule has 0 saturated carbocycles. The first-order valence-corrected chi connectivity index (χ1v) is 6.90. The molecule has 0 aromatic heterocycles. The van der Waals surface area contributed by atoms with E-state index in [1.807, 2.05) is 37.3 Å². The van der Waals surface area contributed by atoms with Gasteiger partial charge in [-0.15, -0.1) is 0 Å². The summed E-state index contributed by atoms with van der Waals surface area (Å²) in [5.41, 5.74) is 0.587. The van der Waals surface area contributed by atoms with Gasteiger partial charge in [-0.1, -0.05) is 30.3 Å². The van der Waals surface area contributed by atoms with Crippen LogP contribution in [0, 0.1) is 0 Å². The molecule has 0 aliphatic carbocycles. The van der Waals surface area contributed by atoms with Gasteiger partial charge >= 0.3 is 6.09 Å². The third-order valence-electron chi connectivity index (χ3n) is 2.58. The van der Waals surface area contributed by atoms with Gasteiger partial charge in [-0.05, 0) is 23.7 Å². The van der Waals surface area contributed by atoms with Crippen molar-refractivity contribution in [2.75, 3.05) is 11.5 Å².